The first-order valence-corrected chi connectivity index (χ1v) is 8.19. The van der Waals surface area contributed by atoms with E-state index < -0.39 is 16.7 Å². The van der Waals surface area contributed by atoms with Gasteiger partial charge in [0.1, 0.15) is 5.75 Å². The molecule has 0 unspecified atom stereocenters. The topological polar surface area (TPSA) is 137 Å². The van der Waals surface area contributed by atoms with Gasteiger partial charge in [0.25, 0.3) is 11.6 Å². The second-order valence-corrected chi connectivity index (χ2v) is 5.89. The zero-order valence-electron chi connectivity index (χ0n) is 14.8. The molecular formula is C19H16N4O5. The van der Waals surface area contributed by atoms with Crippen LogP contribution in [-0.2, 0) is 4.79 Å². The Kier molecular flexibility index (Phi) is 5.16. The maximum atomic E-state index is 12.6. The molecule has 3 N–H and O–H groups in total. The van der Waals surface area contributed by atoms with Crippen molar-refractivity contribution in [3.63, 3.8) is 0 Å². The zero-order valence-corrected chi connectivity index (χ0v) is 14.8. The molecule has 2 amide bonds. The number of nitrogens with two attached hydrogens (primary N) is 1. The van der Waals surface area contributed by atoms with Crippen LogP contribution in [-0.4, -0.2) is 35.4 Å². The number of benzene rings is 2. The van der Waals surface area contributed by atoms with Gasteiger partial charge in [-0.3, -0.25) is 19.7 Å². The third kappa shape index (κ3) is 3.88. The predicted molar refractivity (Wildman–Crippen MR) is 102 cm³/mol. The van der Waals surface area contributed by atoms with Gasteiger partial charge in [0.2, 0.25) is 5.91 Å². The summed E-state index contributed by atoms with van der Waals surface area (Å²) in [6, 6.07) is 12.5. The summed E-state index contributed by atoms with van der Waals surface area (Å²) in [5.74, 6) is -0.590. The van der Waals surface area contributed by atoms with Crippen molar-refractivity contribution in [1.29, 1.82) is 0 Å². The van der Waals surface area contributed by atoms with Crippen molar-refractivity contribution < 1.29 is 19.2 Å². The van der Waals surface area contributed by atoms with Crippen molar-refractivity contribution in [3.8, 4) is 17.0 Å². The predicted octanol–water partition coefficient (Wildman–Crippen LogP) is 2.03. The molecule has 0 aliphatic rings. The molecule has 9 nitrogen and oxygen atoms in total. The average Bonchev–Trinajstić information content (AvgIpc) is 2.70. The lowest BCUT2D eigenvalue weighted by atomic mass is 10.0. The number of fused-ring (bicyclic) bond motifs is 1. The number of rotatable bonds is 6. The van der Waals surface area contributed by atoms with Gasteiger partial charge in [-0.2, -0.15) is 0 Å². The molecule has 0 radical (unpaired) electrons. The van der Waals surface area contributed by atoms with Gasteiger partial charge in [0, 0.05) is 29.1 Å². The van der Waals surface area contributed by atoms with Gasteiger partial charge in [-0.05, 0) is 30.3 Å². The van der Waals surface area contributed by atoms with Gasteiger partial charge in [-0.1, -0.05) is 0 Å². The van der Waals surface area contributed by atoms with Crippen molar-refractivity contribution >= 4 is 28.4 Å². The summed E-state index contributed by atoms with van der Waals surface area (Å²) in [4.78, 5) is 38.5. The van der Waals surface area contributed by atoms with Crippen LogP contribution in [0, 0.1) is 10.1 Å². The molecule has 0 aliphatic carbocycles. The highest BCUT2D eigenvalue weighted by molar-refractivity contribution is 6.08. The molecule has 3 rings (SSSR count). The molecule has 0 fully saturated rings. The molecule has 0 saturated carbocycles. The fraction of sp³-hybridized carbons (Fsp3) is 0.105. The summed E-state index contributed by atoms with van der Waals surface area (Å²) in [7, 11) is 1.52. The van der Waals surface area contributed by atoms with E-state index in [0.717, 1.165) is 0 Å². The van der Waals surface area contributed by atoms with Crippen molar-refractivity contribution in [1.82, 2.24) is 10.3 Å². The molecule has 0 aliphatic heterocycles. The van der Waals surface area contributed by atoms with Gasteiger partial charge < -0.3 is 15.8 Å². The van der Waals surface area contributed by atoms with Crippen molar-refractivity contribution in [2.45, 2.75) is 0 Å². The second-order valence-electron chi connectivity index (χ2n) is 5.89. The molecule has 0 saturated heterocycles. The maximum absolute atomic E-state index is 12.6. The molecular weight excluding hydrogens is 364 g/mol. The third-order valence-corrected chi connectivity index (χ3v) is 4.06. The van der Waals surface area contributed by atoms with E-state index >= 15 is 0 Å². The Balaban J connectivity index is 2.13. The summed E-state index contributed by atoms with van der Waals surface area (Å²) in [6.07, 6.45) is 0. The van der Waals surface area contributed by atoms with Crippen LogP contribution in [0.1, 0.15) is 10.4 Å². The first kappa shape index (κ1) is 18.8. The van der Waals surface area contributed by atoms with Crippen molar-refractivity contribution in [2.24, 2.45) is 5.73 Å². The van der Waals surface area contributed by atoms with Crippen LogP contribution in [0.2, 0.25) is 0 Å². The van der Waals surface area contributed by atoms with Crippen LogP contribution in [0.3, 0.4) is 0 Å². The van der Waals surface area contributed by atoms with Crippen LogP contribution in [0.4, 0.5) is 5.69 Å². The quantitative estimate of drug-likeness (QED) is 0.496. The lowest BCUT2D eigenvalue weighted by Crippen LogP contribution is -2.33. The molecule has 0 bridgehead atoms. The van der Waals surface area contributed by atoms with Crippen LogP contribution < -0.4 is 15.8 Å². The lowest BCUT2D eigenvalue weighted by molar-refractivity contribution is -0.384. The van der Waals surface area contributed by atoms with E-state index in [1.54, 1.807) is 36.4 Å². The number of primary amides is 1. The zero-order chi connectivity index (χ0) is 20.3. The number of nitrogens with one attached hydrogen (secondary N) is 1. The first-order chi connectivity index (χ1) is 13.4. The van der Waals surface area contributed by atoms with E-state index in [1.165, 1.54) is 19.2 Å². The van der Waals surface area contributed by atoms with Gasteiger partial charge in [0.05, 0.1) is 35.4 Å². The van der Waals surface area contributed by atoms with E-state index in [0.29, 0.717) is 33.5 Å². The Bertz CT molecular complexity index is 1080. The molecule has 1 heterocycles. The number of carbonyl (C=O) groups is 2. The highest BCUT2D eigenvalue weighted by atomic mass is 16.6. The molecule has 3 aromatic rings. The first-order valence-electron chi connectivity index (χ1n) is 8.19. The second kappa shape index (κ2) is 7.70. The van der Waals surface area contributed by atoms with Crippen LogP contribution >= 0.6 is 0 Å². The standard InChI is InChI=1S/C19H16N4O5/c1-28-13-6-7-14-15(19(25)21-10-18(20)24)9-16(22-17(14)8-13)11-2-4-12(5-3-11)23(26)27/h2-9H,10H2,1H3,(H2,20,24)(H,21,25). The van der Waals surface area contributed by atoms with Crippen molar-refractivity contribution in [2.75, 3.05) is 13.7 Å². The number of nitrogens with zero attached hydrogens (tertiary/aromatic N) is 2. The minimum absolute atomic E-state index is 0.0503. The van der Waals surface area contributed by atoms with Gasteiger partial charge in [-0.25, -0.2) is 4.98 Å². The van der Waals surface area contributed by atoms with Crippen molar-refractivity contribution in [3.05, 3.63) is 64.2 Å². The highest BCUT2D eigenvalue weighted by Gasteiger charge is 2.16. The Morgan fingerprint density at radius 2 is 1.89 bits per heavy atom. The van der Waals surface area contributed by atoms with E-state index in [2.05, 4.69) is 10.3 Å². The Morgan fingerprint density at radius 3 is 2.50 bits per heavy atom. The van der Waals surface area contributed by atoms with Gasteiger partial charge in [0.15, 0.2) is 0 Å². The maximum Gasteiger partial charge on any atom is 0.269 e. The van der Waals surface area contributed by atoms with E-state index in [1.807, 2.05) is 0 Å². The number of hydrogen-bond donors (Lipinski definition) is 2. The number of aromatic nitrogens is 1. The SMILES string of the molecule is COc1ccc2c(C(=O)NCC(N)=O)cc(-c3ccc([N+](=O)[O-])cc3)nc2c1. The monoisotopic (exact) mass is 380 g/mol. The molecule has 9 heteroatoms. The number of methoxy groups -OCH3 is 1. The fourth-order valence-corrected chi connectivity index (χ4v) is 2.69. The number of nitro groups is 1. The fourth-order valence-electron chi connectivity index (χ4n) is 2.69. The molecule has 142 valence electrons. The summed E-state index contributed by atoms with van der Waals surface area (Å²) >= 11 is 0. The van der Waals surface area contributed by atoms with Crippen LogP contribution in [0.5, 0.6) is 5.75 Å². The molecule has 2 aromatic carbocycles. The Hall–Kier alpha value is -4.01. The van der Waals surface area contributed by atoms with Crippen LogP contribution in [0.15, 0.2) is 48.5 Å². The number of pyridine rings is 1. The number of non-ortho nitro benzene ring substituents is 1. The van der Waals surface area contributed by atoms with Gasteiger partial charge in [-0.15, -0.1) is 0 Å². The Labute approximate surface area is 159 Å². The smallest absolute Gasteiger partial charge is 0.269 e. The number of amides is 2. The number of hydrogen-bond acceptors (Lipinski definition) is 6. The summed E-state index contributed by atoms with van der Waals surface area (Å²) < 4.78 is 5.21. The normalized spacial score (nSPS) is 10.5. The van der Waals surface area contributed by atoms with Crippen LogP contribution in [0.25, 0.3) is 22.2 Å². The number of nitro benzene ring substituents is 1. The third-order valence-electron chi connectivity index (χ3n) is 4.06. The summed E-state index contributed by atoms with van der Waals surface area (Å²) in [5, 5.41) is 13.9. The van der Waals surface area contributed by atoms with E-state index in [4.69, 9.17) is 10.5 Å². The lowest BCUT2D eigenvalue weighted by Gasteiger charge is -2.11. The molecule has 28 heavy (non-hydrogen) atoms. The summed E-state index contributed by atoms with van der Waals surface area (Å²) in [5.41, 5.74) is 6.88. The van der Waals surface area contributed by atoms with E-state index in [9.17, 15) is 19.7 Å². The molecule has 1 aromatic heterocycles. The summed E-state index contributed by atoms with van der Waals surface area (Å²) in [6.45, 7) is -0.300. The van der Waals surface area contributed by atoms with Gasteiger partial charge >= 0.3 is 0 Å². The number of ether oxygens (including phenoxy) is 1. The number of carbonyl (C=O) groups excluding carboxylic acids is 2. The minimum Gasteiger partial charge on any atom is -0.497 e. The molecule has 0 atom stereocenters. The molecule has 0 spiro atoms. The van der Waals surface area contributed by atoms with E-state index in [-0.39, 0.29) is 12.2 Å². The minimum atomic E-state index is -0.663. The average molecular weight is 380 g/mol. The Morgan fingerprint density at radius 1 is 1.18 bits per heavy atom. The highest BCUT2D eigenvalue weighted by Crippen LogP contribution is 2.28. The largest absolute Gasteiger partial charge is 0.497 e.